The first kappa shape index (κ1) is 27.3. The van der Waals surface area contributed by atoms with Gasteiger partial charge in [-0.25, -0.2) is 14.6 Å². The van der Waals surface area contributed by atoms with Crippen LogP contribution in [0, 0.1) is 32.6 Å². The summed E-state index contributed by atoms with van der Waals surface area (Å²) in [4.78, 5) is 12.7. The molecule has 3 heterocycles. The number of fused-ring (bicyclic) bond motifs is 3. The summed E-state index contributed by atoms with van der Waals surface area (Å²) in [5, 5.41) is 6.60. The first-order valence-corrected chi connectivity index (χ1v) is 12.7. The van der Waals surface area contributed by atoms with E-state index in [1.807, 2.05) is 44.3 Å². The fraction of sp³-hybridized carbons (Fsp3) is 0.188. The van der Waals surface area contributed by atoms with Gasteiger partial charge in [-0.15, -0.1) is 35.7 Å². The third-order valence-corrected chi connectivity index (χ3v) is 6.66. The summed E-state index contributed by atoms with van der Waals surface area (Å²) in [5.74, 6) is 3.08. The molecule has 0 atom stereocenters. The molecule has 0 saturated carbocycles. The summed E-state index contributed by atoms with van der Waals surface area (Å²) in [6.07, 6.45) is 1.86. The monoisotopic (exact) mass is 705 g/mol. The predicted octanol–water partition coefficient (Wildman–Crippen LogP) is 7.61. The Balaban J connectivity index is 0.00000323. The van der Waals surface area contributed by atoms with E-state index in [4.69, 9.17) is 16.3 Å². The molecule has 0 aliphatic carbocycles. The molecule has 0 saturated heterocycles. The Bertz CT molecular complexity index is 1920. The zero-order valence-electron chi connectivity index (χ0n) is 22.8. The zero-order chi connectivity index (χ0) is 27.3. The van der Waals surface area contributed by atoms with Crippen LogP contribution in [0.25, 0.3) is 38.2 Å². The third kappa shape index (κ3) is 4.92. The van der Waals surface area contributed by atoms with Crippen molar-refractivity contribution in [3.05, 3.63) is 108 Å². The molecule has 0 N–H and O–H groups in total. The van der Waals surface area contributed by atoms with Gasteiger partial charge in [0.25, 0.3) is 0 Å². The van der Waals surface area contributed by atoms with Gasteiger partial charge in [-0.3, -0.25) is 4.85 Å². The van der Waals surface area contributed by atoms with E-state index in [1.54, 1.807) is 16.8 Å². The molecule has 7 nitrogen and oxygen atoms in total. The molecule has 40 heavy (non-hydrogen) atoms. The topological polar surface area (TPSA) is 62.1 Å². The van der Waals surface area contributed by atoms with Crippen molar-refractivity contribution in [2.75, 3.05) is 0 Å². The SMILES string of the molecule is [C-]#[N+]c1cc(Oc2[c-]c3c(cc2)c2ccccc2n3-c2cc(C(C)(C)C)ccn2)[c-]c(-n2nc(C)nc2C)c1.[Pt+2]. The molecule has 6 rings (SSSR count). The number of hydrogen-bond donors (Lipinski definition) is 0. The van der Waals surface area contributed by atoms with Gasteiger partial charge in [0.15, 0.2) is 0 Å². The number of aromatic nitrogens is 5. The van der Waals surface area contributed by atoms with Crippen LogP contribution < -0.4 is 4.74 Å². The summed E-state index contributed by atoms with van der Waals surface area (Å²) in [6.45, 7) is 17.9. The molecule has 0 radical (unpaired) electrons. The molecule has 0 amide bonds. The van der Waals surface area contributed by atoms with Crippen LogP contribution >= 0.6 is 0 Å². The van der Waals surface area contributed by atoms with Crippen LogP contribution in [0.1, 0.15) is 38.0 Å². The fourth-order valence-electron chi connectivity index (χ4n) is 4.79. The first-order valence-electron chi connectivity index (χ1n) is 12.7. The standard InChI is InChI=1S/C32H26N6O.Pt/c1-20-35-21(2)38(36-20)24-16-23(33-6)17-26(18-24)39-25-11-12-28-27-9-7-8-10-29(27)37(30(28)19-25)31-15-22(13-14-34-31)32(3,4)5;/h7-17H,1-5H3;/q-2;+2. The van der Waals surface area contributed by atoms with Crippen molar-refractivity contribution in [1.82, 2.24) is 24.3 Å². The van der Waals surface area contributed by atoms with Gasteiger partial charge in [-0.1, -0.05) is 50.2 Å². The van der Waals surface area contributed by atoms with Crippen molar-refractivity contribution in [3.63, 3.8) is 0 Å². The van der Waals surface area contributed by atoms with Gasteiger partial charge in [0, 0.05) is 23.2 Å². The Morgan fingerprint density at radius 3 is 2.45 bits per heavy atom. The van der Waals surface area contributed by atoms with Crippen LogP contribution in [0.15, 0.2) is 66.9 Å². The minimum atomic E-state index is -0.0170. The first-order chi connectivity index (χ1) is 18.7. The minimum Gasteiger partial charge on any atom is -0.510 e. The molecule has 0 aliphatic rings. The van der Waals surface area contributed by atoms with E-state index in [2.05, 4.69) is 76.7 Å². The number of nitrogens with zero attached hydrogens (tertiary/aromatic N) is 6. The van der Waals surface area contributed by atoms with Gasteiger partial charge < -0.3 is 9.30 Å². The molecule has 6 aromatic rings. The number of pyridine rings is 1. The summed E-state index contributed by atoms with van der Waals surface area (Å²) in [7, 11) is 0. The Hall–Kier alpha value is -4.27. The molecular formula is C32H26N6OPt. The van der Waals surface area contributed by atoms with Gasteiger partial charge in [-0.05, 0) is 48.4 Å². The molecule has 0 fully saturated rings. The van der Waals surface area contributed by atoms with Crippen LogP contribution in [0.3, 0.4) is 0 Å². The van der Waals surface area contributed by atoms with Crippen LogP contribution in [-0.4, -0.2) is 24.3 Å². The van der Waals surface area contributed by atoms with E-state index in [-0.39, 0.29) is 26.5 Å². The Kier molecular flexibility index (Phi) is 7.08. The zero-order valence-corrected chi connectivity index (χ0v) is 25.0. The van der Waals surface area contributed by atoms with E-state index in [1.165, 1.54) is 5.56 Å². The summed E-state index contributed by atoms with van der Waals surface area (Å²) in [5.41, 5.74) is 4.09. The summed E-state index contributed by atoms with van der Waals surface area (Å²) in [6, 6.07) is 26.5. The van der Waals surface area contributed by atoms with Crippen LogP contribution in [0.5, 0.6) is 11.5 Å². The molecule has 0 bridgehead atoms. The molecule has 200 valence electrons. The molecule has 3 aromatic heterocycles. The van der Waals surface area contributed by atoms with Crippen molar-refractivity contribution in [3.8, 4) is 23.0 Å². The maximum atomic E-state index is 7.58. The van der Waals surface area contributed by atoms with E-state index in [0.29, 0.717) is 34.5 Å². The number of hydrogen-bond acceptors (Lipinski definition) is 4. The van der Waals surface area contributed by atoms with Crippen LogP contribution in [0.2, 0.25) is 0 Å². The number of ether oxygens (including phenoxy) is 1. The van der Waals surface area contributed by atoms with Crippen LogP contribution in [0.4, 0.5) is 5.69 Å². The minimum absolute atomic E-state index is 0. The third-order valence-electron chi connectivity index (χ3n) is 6.66. The fourth-order valence-corrected chi connectivity index (χ4v) is 4.79. The van der Waals surface area contributed by atoms with E-state index < -0.39 is 0 Å². The summed E-state index contributed by atoms with van der Waals surface area (Å²) >= 11 is 0. The Morgan fingerprint density at radius 1 is 0.925 bits per heavy atom. The van der Waals surface area contributed by atoms with Gasteiger partial charge >= 0.3 is 21.1 Å². The van der Waals surface area contributed by atoms with Gasteiger partial charge in [0.05, 0.1) is 12.3 Å². The smallest absolute Gasteiger partial charge is 0.510 e. The largest absolute Gasteiger partial charge is 2.00 e. The average Bonchev–Trinajstić information content (AvgIpc) is 3.43. The number of para-hydroxylation sites is 1. The van der Waals surface area contributed by atoms with Crippen molar-refractivity contribution in [1.29, 1.82) is 0 Å². The second-order valence-electron chi connectivity index (χ2n) is 10.5. The van der Waals surface area contributed by atoms with E-state index >= 15 is 0 Å². The van der Waals surface area contributed by atoms with Gasteiger partial charge in [0.2, 0.25) is 0 Å². The van der Waals surface area contributed by atoms with E-state index in [9.17, 15) is 0 Å². The molecule has 8 heteroatoms. The maximum Gasteiger partial charge on any atom is 2.00 e. The molecule has 0 spiro atoms. The predicted molar refractivity (Wildman–Crippen MR) is 152 cm³/mol. The average molecular weight is 706 g/mol. The van der Waals surface area contributed by atoms with Crippen molar-refractivity contribution >= 4 is 27.5 Å². The Labute approximate surface area is 247 Å². The normalized spacial score (nSPS) is 11.4. The second-order valence-corrected chi connectivity index (χ2v) is 10.5. The van der Waals surface area contributed by atoms with Crippen LogP contribution in [-0.2, 0) is 26.5 Å². The summed E-state index contributed by atoms with van der Waals surface area (Å²) < 4.78 is 10.0. The van der Waals surface area contributed by atoms with Gasteiger partial charge in [0.1, 0.15) is 17.5 Å². The second kappa shape index (κ2) is 10.4. The molecule has 0 unspecified atom stereocenters. The molecule has 0 aliphatic heterocycles. The number of aryl methyl sites for hydroxylation is 2. The molecular weight excluding hydrogens is 679 g/mol. The van der Waals surface area contributed by atoms with E-state index in [0.717, 1.165) is 27.6 Å². The van der Waals surface area contributed by atoms with Crippen molar-refractivity contribution < 1.29 is 25.8 Å². The number of benzene rings is 3. The Morgan fingerprint density at radius 2 is 1.73 bits per heavy atom. The molecule has 3 aromatic carbocycles. The van der Waals surface area contributed by atoms with Crippen molar-refractivity contribution in [2.24, 2.45) is 0 Å². The quantitative estimate of drug-likeness (QED) is 0.177. The van der Waals surface area contributed by atoms with Gasteiger partial charge in [-0.2, -0.15) is 11.2 Å². The maximum absolute atomic E-state index is 7.58. The number of rotatable bonds is 4. The van der Waals surface area contributed by atoms with Crippen molar-refractivity contribution in [2.45, 2.75) is 40.0 Å².